The van der Waals surface area contributed by atoms with Gasteiger partial charge < -0.3 is 24.0 Å². The maximum Gasteiger partial charge on any atom is 0.573 e. The van der Waals surface area contributed by atoms with E-state index in [0.717, 1.165) is 0 Å². The fourth-order valence-electron chi connectivity index (χ4n) is 4.34. The Kier molecular flexibility index (Phi) is 8.36. The number of benzene rings is 3. The molecule has 1 N–H and O–H groups in total. The lowest BCUT2D eigenvalue weighted by Crippen LogP contribution is -2.27. The molecule has 214 valence electrons. The number of carbonyl (C=O) groups excluding carboxylic acids is 1. The number of rotatable bonds is 9. The van der Waals surface area contributed by atoms with Gasteiger partial charge >= 0.3 is 12.3 Å². The van der Waals surface area contributed by atoms with Crippen LogP contribution in [0.1, 0.15) is 57.4 Å². The lowest BCUT2D eigenvalue weighted by atomic mass is 10.0. The molecule has 1 aromatic heterocycles. The first-order valence-electron chi connectivity index (χ1n) is 12.5. The van der Waals surface area contributed by atoms with E-state index in [1.807, 2.05) is 13.8 Å². The van der Waals surface area contributed by atoms with Gasteiger partial charge in [0, 0.05) is 29.8 Å². The van der Waals surface area contributed by atoms with Crippen molar-refractivity contribution >= 4 is 17.6 Å². The molecule has 0 aliphatic carbocycles. The molecular weight excluding hydrogens is 541 g/mol. The average molecular weight is 569 g/mol. The number of carboxylic acids is 1. The van der Waals surface area contributed by atoms with Gasteiger partial charge in [0.1, 0.15) is 29.6 Å². The van der Waals surface area contributed by atoms with E-state index in [9.17, 15) is 27.9 Å². The van der Waals surface area contributed by atoms with Crippen LogP contribution in [0.4, 0.5) is 18.9 Å². The predicted octanol–water partition coefficient (Wildman–Crippen LogP) is 7.23. The topological polar surface area (TPSA) is 102 Å². The smallest absolute Gasteiger partial charge is 0.489 e. The normalized spacial score (nSPS) is 11.4. The minimum atomic E-state index is -4.88. The van der Waals surface area contributed by atoms with Crippen LogP contribution >= 0.6 is 0 Å². The number of aromatic carboxylic acids is 1. The molecular formula is C30H27F3N2O6. The maximum absolute atomic E-state index is 13.0. The zero-order valence-corrected chi connectivity index (χ0v) is 22.7. The number of carboxylic acid groups (broad SMARTS) is 1. The number of nitrogens with zero attached hydrogens (tertiary/aromatic N) is 2. The van der Waals surface area contributed by atoms with Gasteiger partial charge in [0.15, 0.2) is 0 Å². The molecule has 0 saturated carbocycles. The summed E-state index contributed by atoms with van der Waals surface area (Å²) in [7, 11) is 1.58. The van der Waals surface area contributed by atoms with E-state index in [-0.39, 0.29) is 40.8 Å². The Morgan fingerprint density at radius 2 is 1.73 bits per heavy atom. The van der Waals surface area contributed by atoms with Crippen molar-refractivity contribution in [3.63, 3.8) is 0 Å². The zero-order valence-electron chi connectivity index (χ0n) is 22.7. The van der Waals surface area contributed by atoms with E-state index in [2.05, 4.69) is 9.89 Å². The SMILES string of the molecule is Cc1cc(OCc2c(-c3ccccc3OC(F)(F)F)noc2C(C)C)ccc1N(C)C(=O)c1cccc(C(=O)O)c1. The molecule has 0 aliphatic rings. The summed E-state index contributed by atoms with van der Waals surface area (Å²) in [4.78, 5) is 25.7. The second kappa shape index (κ2) is 11.7. The Labute approximate surface area is 233 Å². The van der Waals surface area contributed by atoms with Gasteiger partial charge in [-0.05, 0) is 61.0 Å². The van der Waals surface area contributed by atoms with Crippen molar-refractivity contribution in [3.05, 3.63) is 94.7 Å². The van der Waals surface area contributed by atoms with E-state index < -0.39 is 18.1 Å². The molecule has 0 aliphatic heterocycles. The minimum Gasteiger partial charge on any atom is -0.489 e. The van der Waals surface area contributed by atoms with E-state index in [1.54, 1.807) is 44.3 Å². The summed E-state index contributed by atoms with van der Waals surface area (Å²) in [6.07, 6.45) is -4.88. The second-order valence-electron chi connectivity index (χ2n) is 9.56. The molecule has 0 bridgehead atoms. The highest BCUT2D eigenvalue weighted by atomic mass is 19.4. The second-order valence-corrected chi connectivity index (χ2v) is 9.56. The van der Waals surface area contributed by atoms with Crippen molar-refractivity contribution in [2.24, 2.45) is 0 Å². The van der Waals surface area contributed by atoms with Crippen molar-refractivity contribution in [3.8, 4) is 22.8 Å². The summed E-state index contributed by atoms with van der Waals surface area (Å²) in [5.41, 5.74) is 2.27. The van der Waals surface area contributed by atoms with Crippen LogP contribution in [0.5, 0.6) is 11.5 Å². The van der Waals surface area contributed by atoms with E-state index in [1.165, 1.54) is 41.3 Å². The molecule has 11 heteroatoms. The fourth-order valence-corrected chi connectivity index (χ4v) is 4.34. The quantitative estimate of drug-likeness (QED) is 0.227. The number of aryl methyl sites for hydroxylation is 1. The number of amides is 1. The zero-order chi connectivity index (χ0) is 29.9. The fraction of sp³-hybridized carbons (Fsp3) is 0.233. The van der Waals surface area contributed by atoms with Gasteiger partial charge in [-0.15, -0.1) is 13.2 Å². The molecule has 8 nitrogen and oxygen atoms in total. The van der Waals surface area contributed by atoms with Crippen LogP contribution in [-0.2, 0) is 6.61 Å². The molecule has 4 rings (SSSR count). The van der Waals surface area contributed by atoms with Crippen molar-refractivity contribution in [1.29, 1.82) is 0 Å². The number of halogens is 3. The Morgan fingerprint density at radius 3 is 2.39 bits per heavy atom. The molecule has 0 unspecified atom stereocenters. The molecule has 0 radical (unpaired) electrons. The summed E-state index contributed by atoms with van der Waals surface area (Å²) < 4.78 is 54.8. The lowest BCUT2D eigenvalue weighted by molar-refractivity contribution is -0.274. The number of hydrogen-bond acceptors (Lipinski definition) is 6. The number of hydrogen-bond donors (Lipinski definition) is 1. The van der Waals surface area contributed by atoms with Crippen molar-refractivity contribution < 1.29 is 41.9 Å². The molecule has 0 spiro atoms. The molecule has 0 fully saturated rings. The van der Waals surface area contributed by atoms with Gasteiger partial charge in [0.05, 0.1) is 11.1 Å². The summed E-state index contributed by atoms with van der Waals surface area (Å²) >= 11 is 0. The number of para-hydroxylation sites is 1. The van der Waals surface area contributed by atoms with Gasteiger partial charge in [-0.3, -0.25) is 4.79 Å². The Balaban J connectivity index is 1.58. The first kappa shape index (κ1) is 29.2. The summed E-state index contributed by atoms with van der Waals surface area (Å²) in [6, 6.07) is 16.5. The van der Waals surface area contributed by atoms with Crippen LogP contribution in [0.25, 0.3) is 11.3 Å². The largest absolute Gasteiger partial charge is 0.573 e. The Hall–Kier alpha value is -4.80. The number of ether oxygens (including phenoxy) is 2. The van der Waals surface area contributed by atoms with Crippen LogP contribution in [0.15, 0.2) is 71.3 Å². The molecule has 1 heterocycles. The highest BCUT2D eigenvalue weighted by molar-refractivity contribution is 6.07. The van der Waals surface area contributed by atoms with E-state index in [0.29, 0.717) is 28.3 Å². The highest BCUT2D eigenvalue weighted by Gasteiger charge is 2.33. The summed E-state index contributed by atoms with van der Waals surface area (Å²) in [5.74, 6) is -1.15. The molecule has 4 aromatic rings. The Bertz CT molecular complexity index is 1580. The van der Waals surface area contributed by atoms with E-state index >= 15 is 0 Å². The van der Waals surface area contributed by atoms with Crippen LogP contribution in [0, 0.1) is 6.92 Å². The predicted molar refractivity (Wildman–Crippen MR) is 144 cm³/mol. The third kappa shape index (κ3) is 6.68. The van der Waals surface area contributed by atoms with Gasteiger partial charge in [0.2, 0.25) is 0 Å². The van der Waals surface area contributed by atoms with Crippen LogP contribution in [0.2, 0.25) is 0 Å². The number of carbonyl (C=O) groups is 2. The molecule has 0 saturated heterocycles. The lowest BCUT2D eigenvalue weighted by Gasteiger charge is -2.20. The summed E-state index contributed by atoms with van der Waals surface area (Å²) in [6.45, 7) is 5.46. The molecule has 41 heavy (non-hydrogen) atoms. The third-order valence-electron chi connectivity index (χ3n) is 6.28. The van der Waals surface area contributed by atoms with Crippen LogP contribution in [0.3, 0.4) is 0 Å². The molecule has 1 amide bonds. The van der Waals surface area contributed by atoms with Crippen molar-refractivity contribution in [1.82, 2.24) is 5.16 Å². The number of anilines is 1. The number of alkyl halides is 3. The standard InChI is InChI=1S/C30H27F3N2O6/c1-17(2)27-23(26(34-41-27)22-10-5-6-11-25(22)40-30(31,32)33)16-39-21-12-13-24(18(3)14-21)35(4)28(36)19-8-7-9-20(15-19)29(37)38/h5-15,17H,16H2,1-4H3,(H,37,38). The first-order valence-corrected chi connectivity index (χ1v) is 12.5. The van der Waals surface area contributed by atoms with Gasteiger partial charge in [0.25, 0.3) is 5.91 Å². The van der Waals surface area contributed by atoms with E-state index in [4.69, 9.17) is 9.26 Å². The monoisotopic (exact) mass is 568 g/mol. The Morgan fingerprint density at radius 1 is 1.02 bits per heavy atom. The average Bonchev–Trinajstić information content (AvgIpc) is 3.34. The van der Waals surface area contributed by atoms with Crippen molar-refractivity contribution in [2.45, 2.75) is 39.7 Å². The van der Waals surface area contributed by atoms with Gasteiger partial charge in [-0.1, -0.05) is 37.2 Å². The van der Waals surface area contributed by atoms with Gasteiger partial charge in [-0.2, -0.15) is 0 Å². The minimum absolute atomic E-state index is 0.00573. The van der Waals surface area contributed by atoms with Gasteiger partial charge in [-0.25, -0.2) is 4.79 Å². The maximum atomic E-state index is 13.0. The van der Waals surface area contributed by atoms with Crippen LogP contribution < -0.4 is 14.4 Å². The highest BCUT2D eigenvalue weighted by Crippen LogP contribution is 2.38. The van der Waals surface area contributed by atoms with Crippen LogP contribution in [-0.4, -0.2) is 35.5 Å². The number of aromatic nitrogens is 1. The summed E-state index contributed by atoms with van der Waals surface area (Å²) in [5, 5.41) is 13.3. The first-order chi connectivity index (χ1) is 19.4. The van der Waals surface area contributed by atoms with Crippen molar-refractivity contribution in [2.75, 3.05) is 11.9 Å². The third-order valence-corrected chi connectivity index (χ3v) is 6.28. The molecule has 0 atom stereocenters. The molecule has 3 aromatic carbocycles.